The molecule has 2 heterocycles. The van der Waals surface area contributed by atoms with Gasteiger partial charge in [0.05, 0.1) is 5.92 Å². The number of nitrogens with one attached hydrogen (secondary N) is 1. The summed E-state index contributed by atoms with van der Waals surface area (Å²) in [5.41, 5.74) is 2.18. The molecular weight excluding hydrogens is 380 g/mol. The zero-order valence-corrected chi connectivity index (χ0v) is 16.6. The largest absolute Gasteiger partial charge is 0.481 e. The average Bonchev–Trinajstić information content (AvgIpc) is 3.01. The Kier molecular flexibility index (Phi) is 5.88. The number of hydrogen-bond donors (Lipinski definition) is 2. The second kappa shape index (κ2) is 8.90. The zero-order valence-electron chi connectivity index (χ0n) is 16.6. The number of carbonyl (C=O) groups is 2. The van der Waals surface area contributed by atoms with Crippen molar-refractivity contribution in [2.45, 2.75) is 44.6 Å². The molecule has 0 saturated heterocycles. The van der Waals surface area contributed by atoms with E-state index in [-0.39, 0.29) is 12.3 Å². The maximum Gasteiger partial charge on any atom is 0.311 e. The zero-order chi connectivity index (χ0) is 20.9. The van der Waals surface area contributed by atoms with Gasteiger partial charge in [0, 0.05) is 30.6 Å². The molecule has 0 spiro atoms. The monoisotopic (exact) mass is 404 g/mol. The number of fused-ring (bicyclic) bond motifs is 1. The Labute approximate surface area is 174 Å². The van der Waals surface area contributed by atoms with Gasteiger partial charge in [-0.25, -0.2) is 0 Å². The molecule has 0 aliphatic carbocycles. The van der Waals surface area contributed by atoms with E-state index < -0.39 is 11.9 Å². The van der Waals surface area contributed by atoms with Crippen LogP contribution in [-0.4, -0.2) is 31.7 Å². The Morgan fingerprint density at radius 1 is 1.00 bits per heavy atom. The summed E-state index contributed by atoms with van der Waals surface area (Å²) in [4.78, 5) is 24.1. The summed E-state index contributed by atoms with van der Waals surface area (Å²) in [6.45, 7) is 0.923. The highest BCUT2D eigenvalue weighted by atomic mass is 16.4. The molecule has 1 aliphatic heterocycles. The summed E-state index contributed by atoms with van der Waals surface area (Å²) >= 11 is 0. The number of anilines is 1. The van der Waals surface area contributed by atoms with Crippen molar-refractivity contribution in [3.05, 3.63) is 66.0 Å². The van der Waals surface area contributed by atoms with E-state index in [0.29, 0.717) is 11.3 Å². The van der Waals surface area contributed by atoms with Crippen molar-refractivity contribution < 1.29 is 14.7 Å². The van der Waals surface area contributed by atoms with Crippen LogP contribution in [0, 0.1) is 0 Å². The van der Waals surface area contributed by atoms with E-state index in [0.717, 1.165) is 43.0 Å². The first kappa shape index (κ1) is 19.8. The minimum atomic E-state index is -1.01. The first-order valence-electron chi connectivity index (χ1n) is 10.2. The lowest BCUT2D eigenvalue weighted by Crippen LogP contribution is -2.20. The fourth-order valence-electron chi connectivity index (χ4n) is 3.83. The van der Waals surface area contributed by atoms with Crippen LogP contribution in [0.1, 0.15) is 43.0 Å². The van der Waals surface area contributed by atoms with Gasteiger partial charge in [-0.1, -0.05) is 36.8 Å². The number of carbonyl (C=O) groups excluding carboxylic acids is 1. The molecule has 7 nitrogen and oxygen atoms in total. The molecule has 3 aromatic rings. The first-order valence-corrected chi connectivity index (χ1v) is 10.2. The van der Waals surface area contributed by atoms with E-state index in [1.165, 1.54) is 6.42 Å². The molecule has 4 rings (SSSR count). The molecule has 7 heteroatoms. The molecule has 0 bridgehead atoms. The average molecular weight is 404 g/mol. The molecule has 1 aliphatic rings. The minimum absolute atomic E-state index is 0.126. The van der Waals surface area contributed by atoms with Crippen molar-refractivity contribution in [1.29, 1.82) is 0 Å². The normalized spacial score (nSPS) is 14.4. The lowest BCUT2D eigenvalue weighted by Gasteiger charge is -2.13. The van der Waals surface area contributed by atoms with Gasteiger partial charge in [-0.3, -0.25) is 9.59 Å². The van der Waals surface area contributed by atoms with Crippen molar-refractivity contribution in [1.82, 2.24) is 14.8 Å². The molecule has 1 atom stereocenters. The Balaban J connectivity index is 1.44. The predicted octanol–water partition coefficient (Wildman–Crippen LogP) is 3.87. The van der Waals surface area contributed by atoms with E-state index in [1.54, 1.807) is 24.3 Å². The molecular formula is C23H24N4O3. The number of benzene rings is 2. The van der Waals surface area contributed by atoms with Crippen molar-refractivity contribution in [2.24, 2.45) is 0 Å². The number of aromatic nitrogens is 3. The number of aliphatic carboxylic acids is 1. The van der Waals surface area contributed by atoms with Gasteiger partial charge in [-0.15, -0.1) is 10.2 Å². The maximum absolute atomic E-state index is 12.4. The fourth-order valence-corrected chi connectivity index (χ4v) is 3.83. The number of carboxylic acids is 1. The van der Waals surface area contributed by atoms with Crippen LogP contribution in [0.3, 0.4) is 0 Å². The summed E-state index contributed by atoms with van der Waals surface area (Å²) in [6.07, 6.45) is 4.29. The SMILES string of the molecule is O=C(C[C@@H](C(=O)O)c1ccccc1)Nc1ccc(-c2nnc3n2CCCCC3)cc1. The van der Waals surface area contributed by atoms with Gasteiger partial charge in [0.25, 0.3) is 0 Å². The second-order valence-electron chi connectivity index (χ2n) is 7.53. The van der Waals surface area contributed by atoms with Crippen LogP contribution in [0.25, 0.3) is 11.4 Å². The molecule has 30 heavy (non-hydrogen) atoms. The third-order valence-electron chi connectivity index (χ3n) is 5.43. The standard InChI is InChI=1S/C23H24N4O3/c28-21(15-19(23(29)30)16-7-3-1-4-8-16)24-18-12-10-17(11-13-18)22-26-25-20-9-5-2-6-14-27(20)22/h1,3-4,7-8,10-13,19H,2,5-6,9,14-15H2,(H,24,28)(H,29,30)/t19-/m1/s1. The molecule has 1 aromatic heterocycles. The van der Waals surface area contributed by atoms with E-state index in [9.17, 15) is 14.7 Å². The van der Waals surface area contributed by atoms with Crippen LogP contribution in [-0.2, 0) is 22.6 Å². The number of rotatable bonds is 6. The van der Waals surface area contributed by atoms with Gasteiger partial charge in [-0.05, 0) is 42.7 Å². The van der Waals surface area contributed by atoms with Crippen molar-refractivity contribution >= 4 is 17.6 Å². The molecule has 2 aromatic carbocycles. The smallest absolute Gasteiger partial charge is 0.311 e. The third kappa shape index (κ3) is 4.40. The highest BCUT2D eigenvalue weighted by Gasteiger charge is 2.23. The minimum Gasteiger partial charge on any atom is -0.481 e. The molecule has 0 fully saturated rings. The highest BCUT2D eigenvalue weighted by Crippen LogP contribution is 2.25. The van der Waals surface area contributed by atoms with E-state index in [4.69, 9.17) is 0 Å². The number of carboxylic acid groups (broad SMARTS) is 1. The number of nitrogens with zero attached hydrogens (tertiary/aromatic N) is 3. The van der Waals surface area contributed by atoms with Crippen LogP contribution in [0.2, 0.25) is 0 Å². The lowest BCUT2D eigenvalue weighted by atomic mass is 9.95. The third-order valence-corrected chi connectivity index (χ3v) is 5.43. The second-order valence-corrected chi connectivity index (χ2v) is 7.53. The van der Waals surface area contributed by atoms with E-state index >= 15 is 0 Å². The summed E-state index contributed by atoms with van der Waals surface area (Å²) in [7, 11) is 0. The Hall–Kier alpha value is -3.48. The van der Waals surface area contributed by atoms with Gasteiger partial charge in [0.15, 0.2) is 5.82 Å². The molecule has 0 radical (unpaired) electrons. The maximum atomic E-state index is 12.4. The number of aryl methyl sites for hydroxylation is 1. The summed E-state index contributed by atoms with van der Waals surface area (Å²) in [6, 6.07) is 16.2. The van der Waals surface area contributed by atoms with Crippen molar-refractivity contribution in [3.63, 3.8) is 0 Å². The summed E-state index contributed by atoms with van der Waals surface area (Å²) < 4.78 is 2.18. The lowest BCUT2D eigenvalue weighted by molar-refractivity contribution is -0.140. The topological polar surface area (TPSA) is 97.1 Å². The molecule has 1 amide bonds. The molecule has 2 N–H and O–H groups in total. The van der Waals surface area contributed by atoms with Crippen LogP contribution in [0.4, 0.5) is 5.69 Å². The molecule has 154 valence electrons. The number of hydrogen-bond acceptors (Lipinski definition) is 4. The van der Waals surface area contributed by atoms with Gasteiger partial charge in [0.2, 0.25) is 5.91 Å². The van der Waals surface area contributed by atoms with Crippen LogP contribution in [0.5, 0.6) is 0 Å². The highest BCUT2D eigenvalue weighted by molar-refractivity contribution is 5.94. The van der Waals surface area contributed by atoms with Gasteiger partial charge in [0.1, 0.15) is 5.82 Å². The van der Waals surface area contributed by atoms with Crippen molar-refractivity contribution in [2.75, 3.05) is 5.32 Å². The quantitative estimate of drug-likeness (QED) is 0.650. The fraction of sp³-hybridized carbons (Fsp3) is 0.304. The van der Waals surface area contributed by atoms with Gasteiger partial charge < -0.3 is 15.0 Å². The Bertz CT molecular complexity index is 1030. The van der Waals surface area contributed by atoms with E-state index in [1.807, 2.05) is 30.3 Å². The van der Waals surface area contributed by atoms with Crippen molar-refractivity contribution in [3.8, 4) is 11.4 Å². The Morgan fingerprint density at radius 3 is 2.50 bits per heavy atom. The summed E-state index contributed by atoms with van der Waals surface area (Å²) in [5, 5.41) is 21.0. The molecule has 0 saturated carbocycles. The molecule has 0 unspecified atom stereocenters. The Morgan fingerprint density at radius 2 is 1.77 bits per heavy atom. The van der Waals surface area contributed by atoms with Crippen LogP contribution in [0.15, 0.2) is 54.6 Å². The van der Waals surface area contributed by atoms with Crippen LogP contribution < -0.4 is 5.32 Å². The van der Waals surface area contributed by atoms with E-state index in [2.05, 4.69) is 20.1 Å². The van der Waals surface area contributed by atoms with Gasteiger partial charge in [-0.2, -0.15) is 0 Å². The van der Waals surface area contributed by atoms with Gasteiger partial charge >= 0.3 is 5.97 Å². The predicted molar refractivity (Wildman–Crippen MR) is 113 cm³/mol. The first-order chi connectivity index (χ1) is 14.6. The number of amides is 1. The van der Waals surface area contributed by atoms with Crippen LogP contribution >= 0.6 is 0 Å². The summed E-state index contributed by atoms with van der Waals surface area (Å²) in [5.74, 6) is -0.355.